The highest BCUT2D eigenvalue weighted by atomic mass is 15.1. The average molecular weight is 263 g/mol. The first-order valence-corrected chi connectivity index (χ1v) is 7.97. The van der Waals surface area contributed by atoms with Crippen LogP contribution in [0.15, 0.2) is 18.3 Å². The molecule has 3 heteroatoms. The number of aromatic nitrogens is 1. The molecule has 0 saturated carbocycles. The molecular formula is C16H29N3. The summed E-state index contributed by atoms with van der Waals surface area (Å²) < 4.78 is 2.36. The highest BCUT2D eigenvalue weighted by Crippen LogP contribution is 2.08. The second kappa shape index (κ2) is 8.39. The van der Waals surface area contributed by atoms with Crippen LogP contribution >= 0.6 is 0 Å². The summed E-state index contributed by atoms with van der Waals surface area (Å²) >= 11 is 0. The van der Waals surface area contributed by atoms with Gasteiger partial charge >= 0.3 is 0 Å². The Hall–Kier alpha value is -0.800. The van der Waals surface area contributed by atoms with Gasteiger partial charge in [-0.1, -0.05) is 19.8 Å². The van der Waals surface area contributed by atoms with Crippen LogP contribution in [0, 0.1) is 0 Å². The van der Waals surface area contributed by atoms with Crippen molar-refractivity contribution >= 4 is 0 Å². The van der Waals surface area contributed by atoms with Gasteiger partial charge in [-0.05, 0) is 44.5 Å². The van der Waals surface area contributed by atoms with Crippen molar-refractivity contribution in [3.8, 4) is 0 Å². The van der Waals surface area contributed by atoms with Gasteiger partial charge in [0.2, 0.25) is 0 Å². The van der Waals surface area contributed by atoms with Crippen molar-refractivity contribution in [2.24, 2.45) is 0 Å². The van der Waals surface area contributed by atoms with E-state index in [4.69, 9.17) is 0 Å². The van der Waals surface area contributed by atoms with E-state index in [1.807, 2.05) is 0 Å². The zero-order valence-electron chi connectivity index (χ0n) is 12.4. The van der Waals surface area contributed by atoms with E-state index in [1.165, 1.54) is 57.4 Å². The SMILES string of the molecule is CCCn1cccc1CNCCN1CCCCCC1. The normalized spacial score (nSPS) is 17.5. The lowest BCUT2D eigenvalue weighted by molar-refractivity contribution is 0.283. The molecule has 0 radical (unpaired) electrons. The zero-order valence-corrected chi connectivity index (χ0v) is 12.4. The van der Waals surface area contributed by atoms with Crippen LogP contribution < -0.4 is 5.32 Å². The van der Waals surface area contributed by atoms with Gasteiger partial charge in [0.25, 0.3) is 0 Å². The Kier molecular flexibility index (Phi) is 6.45. The number of likely N-dealkylation sites (tertiary alicyclic amines) is 1. The van der Waals surface area contributed by atoms with Gasteiger partial charge in [-0.3, -0.25) is 0 Å². The molecule has 0 bridgehead atoms. The van der Waals surface area contributed by atoms with Gasteiger partial charge in [0.15, 0.2) is 0 Å². The minimum atomic E-state index is 1.00. The molecule has 2 heterocycles. The van der Waals surface area contributed by atoms with Crippen molar-refractivity contribution < 1.29 is 0 Å². The second-order valence-corrected chi connectivity index (χ2v) is 5.63. The van der Waals surface area contributed by atoms with E-state index >= 15 is 0 Å². The summed E-state index contributed by atoms with van der Waals surface area (Å²) in [7, 11) is 0. The molecule has 0 aromatic carbocycles. The molecule has 1 saturated heterocycles. The van der Waals surface area contributed by atoms with Crippen LogP contribution in [0.25, 0.3) is 0 Å². The number of hydrogen-bond donors (Lipinski definition) is 1. The number of hydrogen-bond acceptors (Lipinski definition) is 2. The monoisotopic (exact) mass is 263 g/mol. The third-order valence-corrected chi connectivity index (χ3v) is 4.00. The molecule has 2 rings (SSSR count). The first-order chi connectivity index (χ1) is 9.40. The third-order valence-electron chi connectivity index (χ3n) is 4.00. The molecule has 1 aliphatic rings. The van der Waals surface area contributed by atoms with Crippen molar-refractivity contribution in [2.75, 3.05) is 26.2 Å². The van der Waals surface area contributed by atoms with E-state index in [-0.39, 0.29) is 0 Å². The van der Waals surface area contributed by atoms with E-state index in [0.717, 1.165) is 19.6 Å². The first-order valence-electron chi connectivity index (χ1n) is 7.97. The Bertz CT molecular complexity index is 338. The highest BCUT2D eigenvalue weighted by molar-refractivity contribution is 5.06. The molecule has 108 valence electrons. The molecule has 19 heavy (non-hydrogen) atoms. The molecule has 0 atom stereocenters. The summed E-state index contributed by atoms with van der Waals surface area (Å²) in [6.07, 6.45) is 9.02. The van der Waals surface area contributed by atoms with Gasteiger partial charge in [0.05, 0.1) is 0 Å². The average Bonchev–Trinajstić information content (AvgIpc) is 2.70. The van der Waals surface area contributed by atoms with Crippen LogP contribution in [0.3, 0.4) is 0 Å². The van der Waals surface area contributed by atoms with E-state index in [9.17, 15) is 0 Å². The van der Waals surface area contributed by atoms with Gasteiger partial charge in [-0.15, -0.1) is 0 Å². The Morgan fingerprint density at radius 2 is 1.89 bits per heavy atom. The second-order valence-electron chi connectivity index (χ2n) is 5.63. The molecule has 1 aliphatic heterocycles. The molecule has 0 amide bonds. The summed E-state index contributed by atoms with van der Waals surface area (Å²) in [6.45, 7) is 9.28. The fourth-order valence-corrected chi connectivity index (χ4v) is 2.88. The quantitative estimate of drug-likeness (QED) is 0.763. The lowest BCUT2D eigenvalue weighted by atomic mass is 10.2. The van der Waals surface area contributed by atoms with E-state index in [1.54, 1.807) is 0 Å². The van der Waals surface area contributed by atoms with Crippen molar-refractivity contribution in [1.82, 2.24) is 14.8 Å². The summed E-state index contributed by atoms with van der Waals surface area (Å²) in [5, 5.41) is 3.59. The van der Waals surface area contributed by atoms with Gasteiger partial charge < -0.3 is 14.8 Å². The summed E-state index contributed by atoms with van der Waals surface area (Å²) in [6, 6.07) is 4.38. The van der Waals surface area contributed by atoms with Crippen LogP contribution in [0.1, 0.15) is 44.7 Å². The van der Waals surface area contributed by atoms with Gasteiger partial charge in [0, 0.05) is 38.1 Å². The zero-order chi connectivity index (χ0) is 13.3. The Morgan fingerprint density at radius 3 is 2.63 bits per heavy atom. The van der Waals surface area contributed by atoms with Gasteiger partial charge in [-0.2, -0.15) is 0 Å². The lowest BCUT2D eigenvalue weighted by Crippen LogP contribution is -2.32. The van der Waals surface area contributed by atoms with Crippen molar-refractivity contribution in [2.45, 2.75) is 52.1 Å². The molecule has 1 aromatic rings. The lowest BCUT2D eigenvalue weighted by Gasteiger charge is -2.20. The largest absolute Gasteiger partial charge is 0.350 e. The maximum atomic E-state index is 3.59. The molecule has 0 unspecified atom stereocenters. The fraction of sp³-hybridized carbons (Fsp3) is 0.750. The Morgan fingerprint density at radius 1 is 1.11 bits per heavy atom. The number of nitrogens with one attached hydrogen (secondary N) is 1. The van der Waals surface area contributed by atoms with Crippen LogP contribution in [0.5, 0.6) is 0 Å². The van der Waals surface area contributed by atoms with E-state index in [2.05, 4.69) is 40.0 Å². The smallest absolute Gasteiger partial charge is 0.0359 e. The van der Waals surface area contributed by atoms with Crippen molar-refractivity contribution in [1.29, 1.82) is 0 Å². The molecule has 3 nitrogen and oxygen atoms in total. The van der Waals surface area contributed by atoms with Crippen LogP contribution in [0.4, 0.5) is 0 Å². The summed E-state index contributed by atoms with van der Waals surface area (Å²) in [4.78, 5) is 2.62. The minimum absolute atomic E-state index is 1.00. The van der Waals surface area contributed by atoms with E-state index < -0.39 is 0 Å². The highest BCUT2D eigenvalue weighted by Gasteiger charge is 2.08. The van der Waals surface area contributed by atoms with Gasteiger partial charge in [-0.25, -0.2) is 0 Å². The molecule has 0 spiro atoms. The first kappa shape index (κ1) is 14.6. The molecule has 1 fully saturated rings. The standard InChI is InChI=1S/C16H29N3/c1-2-10-19-13-7-8-16(19)15-17-9-14-18-11-5-3-4-6-12-18/h7-8,13,17H,2-6,9-12,14-15H2,1H3. The van der Waals surface area contributed by atoms with Crippen molar-refractivity contribution in [3.63, 3.8) is 0 Å². The number of rotatable bonds is 7. The molecule has 0 aliphatic carbocycles. The fourth-order valence-electron chi connectivity index (χ4n) is 2.88. The van der Waals surface area contributed by atoms with E-state index in [0.29, 0.717) is 0 Å². The Balaban J connectivity index is 1.64. The maximum absolute atomic E-state index is 3.59. The molecular weight excluding hydrogens is 234 g/mol. The predicted octanol–water partition coefficient (Wildman–Crippen LogP) is 2.86. The van der Waals surface area contributed by atoms with Crippen LogP contribution in [-0.2, 0) is 13.1 Å². The predicted molar refractivity (Wildman–Crippen MR) is 81.3 cm³/mol. The molecule has 1 N–H and O–H groups in total. The number of nitrogens with zero attached hydrogens (tertiary/aromatic N) is 2. The van der Waals surface area contributed by atoms with Gasteiger partial charge in [0.1, 0.15) is 0 Å². The van der Waals surface area contributed by atoms with Crippen LogP contribution in [0.2, 0.25) is 0 Å². The third kappa shape index (κ3) is 5.00. The Labute approximate surface area is 118 Å². The molecule has 1 aromatic heterocycles. The minimum Gasteiger partial charge on any atom is -0.350 e. The summed E-state index contributed by atoms with van der Waals surface area (Å²) in [5.74, 6) is 0. The van der Waals surface area contributed by atoms with Crippen LogP contribution in [-0.4, -0.2) is 35.6 Å². The van der Waals surface area contributed by atoms with Crippen molar-refractivity contribution in [3.05, 3.63) is 24.0 Å². The topological polar surface area (TPSA) is 20.2 Å². The summed E-state index contributed by atoms with van der Waals surface area (Å²) in [5.41, 5.74) is 1.41. The maximum Gasteiger partial charge on any atom is 0.0359 e. The number of aryl methyl sites for hydroxylation is 1.